The van der Waals surface area contributed by atoms with Crippen LogP contribution in [0.1, 0.15) is 30.9 Å². The Bertz CT molecular complexity index is 329. The zero-order chi connectivity index (χ0) is 9.42. The summed E-state index contributed by atoms with van der Waals surface area (Å²) in [4.78, 5) is 0. The Balaban J connectivity index is 2.55. The van der Waals surface area contributed by atoms with E-state index in [0.29, 0.717) is 11.7 Å². The number of rotatable bonds is 1. The van der Waals surface area contributed by atoms with E-state index in [2.05, 4.69) is 13.8 Å². The Hall–Kier alpha value is -1.18. The minimum atomic E-state index is 0.355. The average molecular weight is 178 g/mol. The van der Waals surface area contributed by atoms with Crippen molar-refractivity contribution in [3.05, 3.63) is 23.3 Å². The normalized spacial score (nSPS) is 14.4. The standard InChI is InChI=1S/C11H14O2/c1-7(2)10-6-9(12)5-8-3-4-13-11(8)10/h5-7,12H,3-4H2,1-2H3. The molecule has 13 heavy (non-hydrogen) atoms. The average Bonchev–Trinajstić information content (AvgIpc) is 2.49. The lowest BCUT2D eigenvalue weighted by Gasteiger charge is -2.11. The molecule has 2 nitrogen and oxygen atoms in total. The first-order valence-electron chi connectivity index (χ1n) is 4.67. The zero-order valence-corrected chi connectivity index (χ0v) is 8.00. The van der Waals surface area contributed by atoms with Gasteiger partial charge in [0, 0.05) is 17.5 Å². The van der Waals surface area contributed by atoms with Gasteiger partial charge in [-0.05, 0) is 18.1 Å². The van der Waals surface area contributed by atoms with Crippen LogP contribution in [0.4, 0.5) is 0 Å². The Morgan fingerprint density at radius 1 is 1.38 bits per heavy atom. The third-order valence-corrected chi connectivity index (χ3v) is 2.42. The first-order chi connectivity index (χ1) is 6.18. The van der Waals surface area contributed by atoms with E-state index in [1.165, 1.54) is 0 Å². The van der Waals surface area contributed by atoms with Gasteiger partial charge in [0.25, 0.3) is 0 Å². The number of phenols is 1. The van der Waals surface area contributed by atoms with Crippen LogP contribution < -0.4 is 4.74 Å². The summed E-state index contributed by atoms with van der Waals surface area (Å²) in [6.07, 6.45) is 0.920. The van der Waals surface area contributed by atoms with Crippen LogP contribution in [0.25, 0.3) is 0 Å². The van der Waals surface area contributed by atoms with Crippen molar-refractivity contribution in [2.24, 2.45) is 0 Å². The van der Waals surface area contributed by atoms with Crippen LogP contribution >= 0.6 is 0 Å². The molecule has 0 bridgehead atoms. The molecule has 1 aliphatic heterocycles. The molecule has 1 heterocycles. The van der Waals surface area contributed by atoms with Gasteiger partial charge in [-0.1, -0.05) is 13.8 Å². The summed E-state index contributed by atoms with van der Waals surface area (Å²) in [7, 11) is 0. The van der Waals surface area contributed by atoms with Crippen molar-refractivity contribution < 1.29 is 9.84 Å². The third-order valence-electron chi connectivity index (χ3n) is 2.42. The summed E-state index contributed by atoms with van der Waals surface area (Å²) in [5, 5.41) is 9.47. The van der Waals surface area contributed by atoms with Gasteiger partial charge >= 0.3 is 0 Å². The SMILES string of the molecule is CC(C)c1cc(O)cc2c1OCC2. The van der Waals surface area contributed by atoms with Crippen molar-refractivity contribution in [2.45, 2.75) is 26.2 Å². The lowest BCUT2D eigenvalue weighted by molar-refractivity contribution is 0.352. The van der Waals surface area contributed by atoms with Crippen molar-refractivity contribution in [2.75, 3.05) is 6.61 Å². The molecule has 1 aromatic rings. The molecular formula is C11H14O2. The van der Waals surface area contributed by atoms with Crippen LogP contribution in [0, 0.1) is 0 Å². The van der Waals surface area contributed by atoms with Crippen molar-refractivity contribution in [3.8, 4) is 11.5 Å². The van der Waals surface area contributed by atoms with E-state index in [-0.39, 0.29) is 0 Å². The molecular weight excluding hydrogens is 164 g/mol. The van der Waals surface area contributed by atoms with E-state index >= 15 is 0 Å². The second-order valence-electron chi connectivity index (χ2n) is 3.78. The number of aromatic hydroxyl groups is 1. The Labute approximate surface area is 78.2 Å². The molecule has 2 rings (SSSR count). The Morgan fingerprint density at radius 3 is 2.85 bits per heavy atom. The minimum absolute atomic E-state index is 0.355. The van der Waals surface area contributed by atoms with E-state index in [9.17, 15) is 5.11 Å². The maximum Gasteiger partial charge on any atom is 0.126 e. The summed E-state index contributed by atoms with van der Waals surface area (Å²) in [6, 6.07) is 3.60. The number of ether oxygens (including phenoxy) is 1. The number of phenolic OH excluding ortho intramolecular Hbond substituents is 1. The van der Waals surface area contributed by atoms with Crippen molar-refractivity contribution in [3.63, 3.8) is 0 Å². The van der Waals surface area contributed by atoms with Crippen LogP contribution in [-0.2, 0) is 6.42 Å². The number of benzene rings is 1. The van der Waals surface area contributed by atoms with Gasteiger partial charge in [-0.2, -0.15) is 0 Å². The topological polar surface area (TPSA) is 29.5 Å². The molecule has 0 spiro atoms. The lowest BCUT2D eigenvalue weighted by Crippen LogP contribution is -1.93. The molecule has 0 radical (unpaired) electrons. The molecule has 1 aliphatic rings. The first kappa shape index (κ1) is 8.42. The molecule has 1 aromatic carbocycles. The van der Waals surface area contributed by atoms with Gasteiger partial charge < -0.3 is 9.84 Å². The Morgan fingerprint density at radius 2 is 2.15 bits per heavy atom. The third kappa shape index (κ3) is 1.37. The van der Waals surface area contributed by atoms with E-state index in [1.807, 2.05) is 0 Å². The smallest absolute Gasteiger partial charge is 0.126 e. The van der Waals surface area contributed by atoms with Gasteiger partial charge in [0.1, 0.15) is 11.5 Å². The Kier molecular flexibility index (Phi) is 1.91. The highest BCUT2D eigenvalue weighted by atomic mass is 16.5. The van der Waals surface area contributed by atoms with Gasteiger partial charge in [-0.25, -0.2) is 0 Å². The predicted molar refractivity (Wildman–Crippen MR) is 51.4 cm³/mol. The van der Waals surface area contributed by atoms with Crippen LogP contribution in [-0.4, -0.2) is 11.7 Å². The summed E-state index contributed by atoms with van der Waals surface area (Å²) in [5.41, 5.74) is 2.26. The molecule has 0 aliphatic carbocycles. The molecule has 0 aromatic heterocycles. The van der Waals surface area contributed by atoms with Gasteiger partial charge in [-0.3, -0.25) is 0 Å². The van der Waals surface area contributed by atoms with Crippen LogP contribution in [0.2, 0.25) is 0 Å². The monoisotopic (exact) mass is 178 g/mol. The van der Waals surface area contributed by atoms with Crippen LogP contribution in [0.15, 0.2) is 12.1 Å². The highest BCUT2D eigenvalue weighted by Crippen LogP contribution is 2.37. The molecule has 0 unspecified atom stereocenters. The molecule has 2 heteroatoms. The molecule has 70 valence electrons. The van der Waals surface area contributed by atoms with Crippen molar-refractivity contribution in [1.29, 1.82) is 0 Å². The number of fused-ring (bicyclic) bond motifs is 1. The fourth-order valence-corrected chi connectivity index (χ4v) is 1.75. The van der Waals surface area contributed by atoms with Crippen molar-refractivity contribution >= 4 is 0 Å². The number of hydrogen-bond donors (Lipinski definition) is 1. The van der Waals surface area contributed by atoms with Crippen LogP contribution in [0.3, 0.4) is 0 Å². The van der Waals surface area contributed by atoms with E-state index in [4.69, 9.17) is 4.74 Å². The summed E-state index contributed by atoms with van der Waals surface area (Å²) in [5.74, 6) is 1.75. The highest BCUT2D eigenvalue weighted by Gasteiger charge is 2.19. The predicted octanol–water partition coefficient (Wildman–Crippen LogP) is 2.45. The summed E-state index contributed by atoms with van der Waals surface area (Å²) >= 11 is 0. The first-order valence-corrected chi connectivity index (χ1v) is 4.67. The summed E-state index contributed by atoms with van der Waals surface area (Å²) in [6.45, 7) is 4.96. The molecule has 0 saturated heterocycles. The highest BCUT2D eigenvalue weighted by molar-refractivity contribution is 5.50. The fourth-order valence-electron chi connectivity index (χ4n) is 1.75. The minimum Gasteiger partial charge on any atom is -0.508 e. The molecule has 0 amide bonds. The van der Waals surface area contributed by atoms with Gasteiger partial charge in [-0.15, -0.1) is 0 Å². The van der Waals surface area contributed by atoms with Gasteiger partial charge in [0.15, 0.2) is 0 Å². The maximum atomic E-state index is 9.47. The van der Waals surface area contributed by atoms with E-state index in [1.54, 1.807) is 12.1 Å². The molecule has 0 saturated carbocycles. The quantitative estimate of drug-likeness (QED) is 0.715. The largest absolute Gasteiger partial charge is 0.508 e. The second-order valence-corrected chi connectivity index (χ2v) is 3.78. The number of hydrogen-bond acceptors (Lipinski definition) is 2. The van der Waals surface area contributed by atoms with E-state index < -0.39 is 0 Å². The van der Waals surface area contributed by atoms with Gasteiger partial charge in [0.05, 0.1) is 6.61 Å². The fraction of sp³-hybridized carbons (Fsp3) is 0.455. The molecule has 0 atom stereocenters. The molecule has 0 fully saturated rings. The second kappa shape index (κ2) is 2.95. The molecule has 1 N–H and O–H groups in total. The van der Waals surface area contributed by atoms with E-state index in [0.717, 1.165) is 29.9 Å². The lowest BCUT2D eigenvalue weighted by atomic mass is 9.98. The van der Waals surface area contributed by atoms with Gasteiger partial charge in [0.2, 0.25) is 0 Å². The zero-order valence-electron chi connectivity index (χ0n) is 8.00. The van der Waals surface area contributed by atoms with Crippen molar-refractivity contribution in [1.82, 2.24) is 0 Å². The maximum absolute atomic E-state index is 9.47. The van der Waals surface area contributed by atoms with Crippen LogP contribution in [0.5, 0.6) is 11.5 Å². The summed E-state index contributed by atoms with van der Waals surface area (Å²) < 4.78 is 5.53.